The van der Waals surface area contributed by atoms with Gasteiger partial charge in [0.15, 0.2) is 23.2 Å². The van der Waals surface area contributed by atoms with Crippen LogP contribution < -0.4 is 32.2 Å². The second kappa shape index (κ2) is 22.2. The predicted molar refractivity (Wildman–Crippen MR) is 304 cm³/mol. The number of amides is 2. The molecule has 0 saturated carbocycles. The number of Topliss-reactive ketones (excluding diaryl/α,β-unsaturated/α-hetero) is 3. The highest BCUT2D eigenvalue weighted by molar-refractivity contribution is 6.07. The summed E-state index contributed by atoms with van der Waals surface area (Å²) in [5.74, 6) is 1.07. The molecule has 16 nitrogen and oxygen atoms in total. The van der Waals surface area contributed by atoms with Crippen LogP contribution in [0.4, 0.5) is 28.7 Å². The van der Waals surface area contributed by atoms with Crippen molar-refractivity contribution in [3.63, 3.8) is 0 Å². The van der Waals surface area contributed by atoms with Gasteiger partial charge in [-0.2, -0.15) is 0 Å². The quantitative estimate of drug-likeness (QED) is 0.0474. The van der Waals surface area contributed by atoms with Crippen molar-refractivity contribution in [1.82, 2.24) is 24.5 Å². The van der Waals surface area contributed by atoms with Crippen molar-refractivity contribution in [1.29, 1.82) is 0 Å². The molecule has 0 atom stereocenters. The molecule has 2 amide bonds. The van der Waals surface area contributed by atoms with E-state index in [4.69, 9.17) is 16.2 Å². The highest BCUT2D eigenvalue weighted by Gasteiger charge is 2.26. The average Bonchev–Trinajstić information content (AvgIpc) is 4.10. The molecule has 3 aromatic heterocycles. The predicted octanol–water partition coefficient (Wildman–Crippen LogP) is 12.3. The molecule has 0 saturated heterocycles. The SMILES string of the molecule is CC(C)(C)C(=O)c1ccc2nc(C(=O)Nc3ccc(N)cc3)[nH]c2c1.COc1ccc(NCc2cc3cc(C(=O)C(C)(C)C)ccc3[nH]2)cc1.Cn1c(NC(=O)c2ccc(N)cc2)nc2cc(C(=O)C(C)(C)C)ccc21. The van der Waals surface area contributed by atoms with Crippen LogP contribution in [0.1, 0.15) is 120 Å². The standard InChI is InChI=1S/C21H24N2O2.C20H22N4O2.C19H20N4O2/c1-21(2,3)20(24)14-5-10-19-15(11-14)12-17(23-19)13-22-16-6-8-18(25-4)9-7-16;1-20(2,3)17(25)13-7-10-16-15(11-13)22-19(24(16)4)23-18(26)12-5-8-14(21)9-6-12;1-19(2,3)16(24)11-4-9-14-15(10-11)23-17(22-14)18(25)21-13-7-5-12(20)6-8-13/h5-12,22-23H,13H2,1-4H3;5-11H,21H2,1-4H3,(H,22,23,26);4-10H,20H2,1-3H3,(H,21,25)(H,22,23). The zero-order valence-corrected chi connectivity index (χ0v) is 44.9. The van der Waals surface area contributed by atoms with E-state index in [2.05, 4.69) is 42.0 Å². The number of benzene rings is 6. The van der Waals surface area contributed by atoms with Gasteiger partial charge in [0, 0.05) is 84.9 Å². The molecular weight excluding hydrogens is 957 g/mol. The third-order valence-corrected chi connectivity index (χ3v) is 12.2. The van der Waals surface area contributed by atoms with Gasteiger partial charge in [0.25, 0.3) is 11.8 Å². The lowest BCUT2D eigenvalue weighted by molar-refractivity contribution is 0.0852. The Labute approximate surface area is 442 Å². The molecule has 16 heteroatoms. The zero-order chi connectivity index (χ0) is 55.3. The van der Waals surface area contributed by atoms with Gasteiger partial charge >= 0.3 is 0 Å². The number of methoxy groups -OCH3 is 1. The van der Waals surface area contributed by atoms with E-state index in [0.717, 1.165) is 39.1 Å². The average molecular weight is 1020 g/mol. The number of nitrogen functional groups attached to an aromatic ring is 2. The maximum atomic E-state index is 12.5. The first kappa shape index (κ1) is 54.7. The number of nitrogens with zero attached hydrogens (tertiary/aromatic N) is 3. The van der Waals surface area contributed by atoms with Crippen LogP contribution in [0, 0.1) is 16.2 Å². The first-order chi connectivity index (χ1) is 35.8. The molecule has 9 N–H and O–H groups in total. The van der Waals surface area contributed by atoms with Crippen LogP contribution in [-0.4, -0.2) is 60.8 Å². The minimum Gasteiger partial charge on any atom is -0.497 e. The van der Waals surface area contributed by atoms with Crippen molar-refractivity contribution in [2.75, 3.05) is 34.5 Å². The fourth-order valence-electron chi connectivity index (χ4n) is 7.91. The van der Waals surface area contributed by atoms with Gasteiger partial charge in [0.05, 0.1) is 35.7 Å². The molecule has 9 aromatic rings. The van der Waals surface area contributed by atoms with Gasteiger partial charge in [-0.25, -0.2) is 9.97 Å². The van der Waals surface area contributed by atoms with Crippen LogP contribution in [0.2, 0.25) is 0 Å². The van der Waals surface area contributed by atoms with Gasteiger partial charge in [-0.15, -0.1) is 0 Å². The van der Waals surface area contributed by atoms with E-state index in [1.807, 2.05) is 118 Å². The van der Waals surface area contributed by atoms with E-state index < -0.39 is 10.8 Å². The van der Waals surface area contributed by atoms with Crippen molar-refractivity contribution in [2.45, 2.75) is 68.9 Å². The van der Waals surface area contributed by atoms with Crippen molar-refractivity contribution < 1.29 is 28.7 Å². The summed E-state index contributed by atoms with van der Waals surface area (Å²) < 4.78 is 6.95. The number of hydrogen-bond donors (Lipinski definition) is 7. The number of ketones is 3. The molecule has 76 heavy (non-hydrogen) atoms. The molecule has 0 fully saturated rings. The second-order valence-electron chi connectivity index (χ2n) is 21.6. The molecule has 0 radical (unpaired) electrons. The molecule has 0 aliphatic rings. The lowest BCUT2D eigenvalue weighted by atomic mass is 9.86. The van der Waals surface area contributed by atoms with E-state index in [9.17, 15) is 24.0 Å². The van der Waals surface area contributed by atoms with Crippen molar-refractivity contribution in [3.8, 4) is 5.75 Å². The van der Waals surface area contributed by atoms with Crippen LogP contribution in [0.15, 0.2) is 133 Å². The number of rotatable bonds is 11. The molecule has 0 bridgehead atoms. The number of H-pyrrole nitrogens is 2. The number of nitrogens with two attached hydrogens (primary N) is 2. The molecule has 3 heterocycles. The zero-order valence-electron chi connectivity index (χ0n) is 44.9. The summed E-state index contributed by atoms with van der Waals surface area (Å²) in [5.41, 5.74) is 20.2. The molecule has 0 spiro atoms. The lowest BCUT2D eigenvalue weighted by Crippen LogP contribution is -2.20. The number of nitrogens with one attached hydrogen (secondary N) is 5. The van der Waals surface area contributed by atoms with Gasteiger partial charge in [-0.05, 0) is 133 Å². The number of fused-ring (bicyclic) bond motifs is 3. The lowest BCUT2D eigenvalue weighted by Gasteiger charge is -2.16. The molecular formula is C60H66N10O6. The van der Waals surface area contributed by atoms with Gasteiger partial charge in [0.1, 0.15) is 5.75 Å². The summed E-state index contributed by atoms with van der Waals surface area (Å²) in [5, 5.41) is 9.99. The number of carbonyl (C=O) groups excluding carboxylic acids is 5. The fraction of sp³-hybridized carbons (Fsp3) is 0.250. The van der Waals surface area contributed by atoms with Crippen LogP contribution in [0.3, 0.4) is 0 Å². The Morgan fingerprint density at radius 2 is 1.07 bits per heavy atom. The number of hydrogen-bond acceptors (Lipinski definition) is 11. The number of anilines is 5. The third kappa shape index (κ3) is 13.4. The largest absolute Gasteiger partial charge is 0.497 e. The first-order valence-corrected chi connectivity index (χ1v) is 24.7. The minimum absolute atomic E-state index is 0.0388. The van der Waals surface area contributed by atoms with E-state index in [0.29, 0.717) is 62.8 Å². The highest BCUT2D eigenvalue weighted by atomic mass is 16.5. The molecule has 0 unspecified atom stereocenters. The maximum absolute atomic E-state index is 12.5. The van der Waals surface area contributed by atoms with Crippen LogP contribution in [-0.2, 0) is 13.6 Å². The van der Waals surface area contributed by atoms with E-state index in [-0.39, 0.29) is 40.4 Å². The number of imidazole rings is 2. The smallest absolute Gasteiger partial charge is 0.291 e. The van der Waals surface area contributed by atoms with Gasteiger partial charge < -0.3 is 41.4 Å². The Balaban J connectivity index is 0.000000166. The van der Waals surface area contributed by atoms with Crippen molar-refractivity contribution >= 4 is 90.8 Å². The highest BCUT2D eigenvalue weighted by Crippen LogP contribution is 2.28. The number of aromatic amines is 2. The summed E-state index contributed by atoms with van der Waals surface area (Å²) in [6, 6.07) is 39.9. The fourth-order valence-corrected chi connectivity index (χ4v) is 7.91. The molecule has 0 aliphatic carbocycles. The molecule has 6 aromatic carbocycles. The number of ether oxygens (including phenoxy) is 1. The molecule has 9 rings (SSSR count). The normalized spacial score (nSPS) is 11.5. The number of carbonyl (C=O) groups is 5. The Morgan fingerprint density at radius 3 is 1.66 bits per heavy atom. The Bertz CT molecular complexity index is 3590. The van der Waals surface area contributed by atoms with Gasteiger partial charge in [0.2, 0.25) is 5.95 Å². The van der Waals surface area contributed by atoms with Crippen molar-refractivity contribution in [3.05, 3.63) is 167 Å². The number of aryl methyl sites for hydroxylation is 1. The van der Waals surface area contributed by atoms with Crippen molar-refractivity contribution in [2.24, 2.45) is 23.3 Å². The minimum atomic E-state index is -0.469. The van der Waals surface area contributed by atoms with E-state index in [1.54, 1.807) is 90.5 Å². The summed E-state index contributed by atoms with van der Waals surface area (Å²) in [6.45, 7) is 17.8. The summed E-state index contributed by atoms with van der Waals surface area (Å²) in [6.07, 6.45) is 0. The third-order valence-electron chi connectivity index (χ3n) is 12.2. The van der Waals surface area contributed by atoms with E-state index in [1.165, 1.54) is 0 Å². The monoisotopic (exact) mass is 1020 g/mol. The van der Waals surface area contributed by atoms with E-state index >= 15 is 0 Å². The summed E-state index contributed by atoms with van der Waals surface area (Å²) in [4.78, 5) is 77.2. The van der Waals surface area contributed by atoms with Crippen LogP contribution in [0.5, 0.6) is 5.75 Å². The van der Waals surface area contributed by atoms with Crippen LogP contribution >= 0.6 is 0 Å². The Kier molecular flexibility index (Phi) is 16.0. The Hall–Kier alpha value is -9.05. The molecule has 392 valence electrons. The topological polar surface area (TPSA) is 245 Å². The van der Waals surface area contributed by atoms with Gasteiger partial charge in [-0.1, -0.05) is 62.3 Å². The first-order valence-electron chi connectivity index (χ1n) is 24.7. The Morgan fingerprint density at radius 1 is 0.539 bits per heavy atom. The number of aromatic nitrogens is 5. The van der Waals surface area contributed by atoms with Gasteiger partial charge in [-0.3, -0.25) is 29.3 Å². The summed E-state index contributed by atoms with van der Waals surface area (Å²) in [7, 11) is 3.48. The molecule has 0 aliphatic heterocycles. The second-order valence-corrected chi connectivity index (χ2v) is 21.6. The van der Waals surface area contributed by atoms with Crippen LogP contribution in [0.25, 0.3) is 33.0 Å². The summed E-state index contributed by atoms with van der Waals surface area (Å²) >= 11 is 0. The maximum Gasteiger partial charge on any atom is 0.291 e.